The normalized spacial score (nSPS) is 16.4. The number of carbonyl (C=O) groups is 1. The van der Waals surface area contributed by atoms with Crippen molar-refractivity contribution in [2.45, 2.75) is 77.1 Å². The van der Waals surface area contributed by atoms with Gasteiger partial charge in [-0.3, -0.25) is 4.79 Å². The Morgan fingerprint density at radius 1 is 1.04 bits per heavy atom. The van der Waals surface area contributed by atoms with Crippen molar-refractivity contribution in [2.75, 3.05) is 18.1 Å². The van der Waals surface area contributed by atoms with Gasteiger partial charge in [-0.2, -0.15) is 0 Å². The minimum absolute atomic E-state index is 0.0118. The zero-order valence-corrected chi connectivity index (χ0v) is 17.5. The van der Waals surface area contributed by atoms with Gasteiger partial charge in [-0.05, 0) is 58.4 Å². The van der Waals surface area contributed by atoms with E-state index in [1.807, 2.05) is 12.1 Å². The van der Waals surface area contributed by atoms with Gasteiger partial charge >= 0.3 is 0 Å². The Morgan fingerprint density at radius 2 is 1.60 bits per heavy atom. The quantitative estimate of drug-likeness (QED) is 0.445. The van der Waals surface area contributed by atoms with Crippen molar-refractivity contribution in [3.8, 4) is 0 Å². The predicted molar refractivity (Wildman–Crippen MR) is 110 cm³/mol. The molecule has 1 fully saturated rings. The first-order valence-corrected chi connectivity index (χ1v) is 11.3. The second-order valence-corrected chi connectivity index (χ2v) is 10.7. The number of hydrogen-bond donors (Lipinski definition) is 0. The van der Waals surface area contributed by atoms with Gasteiger partial charge in [-0.15, -0.1) is 0 Å². The number of hydrogen-bond acceptors (Lipinski definition) is 2. The fourth-order valence-corrected chi connectivity index (χ4v) is 6.05. The molecule has 2 nitrogen and oxygen atoms in total. The average Bonchev–Trinajstić information content (AvgIpc) is 3.17. The summed E-state index contributed by atoms with van der Waals surface area (Å²) in [7, 11) is 0.240. The number of carbonyl (C=O) groups excluding carboxylic acids is 1. The Labute approximate surface area is 157 Å². The molecule has 1 aliphatic rings. The number of Topliss-reactive ketones (excluding diaryl/α,β-unsaturated/α-hetero) is 1. The molecule has 1 aromatic rings. The number of rotatable bonds is 9. The van der Waals surface area contributed by atoms with Gasteiger partial charge < -0.3 is 4.74 Å². The van der Waals surface area contributed by atoms with Gasteiger partial charge in [0.2, 0.25) is 5.78 Å². The molecule has 0 spiro atoms. The lowest BCUT2D eigenvalue weighted by molar-refractivity contribution is -0.0355. The van der Waals surface area contributed by atoms with Crippen LogP contribution in [0.1, 0.15) is 76.2 Å². The summed E-state index contributed by atoms with van der Waals surface area (Å²) in [6, 6.07) is 8.22. The molecule has 0 saturated carbocycles. The highest BCUT2D eigenvalue weighted by atomic mass is 32.2. The zero-order valence-electron chi connectivity index (χ0n) is 16.7. The number of benzene rings is 1. The van der Waals surface area contributed by atoms with Crippen molar-refractivity contribution in [1.29, 1.82) is 0 Å². The van der Waals surface area contributed by atoms with Gasteiger partial charge in [0.15, 0.2) is 4.75 Å². The molecule has 0 radical (unpaired) electrons. The second kappa shape index (κ2) is 8.73. The van der Waals surface area contributed by atoms with E-state index in [9.17, 15) is 4.79 Å². The van der Waals surface area contributed by atoms with E-state index in [1.54, 1.807) is 0 Å². The van der Waals surface area contributed by atoms with Crippen LogP contribution in [-0.2, 0) is 22.1 Å². The minimum atomic E-state index is -0.217. The van der Waals surface area contributed by atoms with E-state index in [-0.39, 0.29) is 21.2 Å². The molecule has 1 aliphatic heterocycles. The van der Waals surface area contributed by atoms with Crippen molar-refractivity contribution in [1.82, 2.24) is 0 Å². The lowest BCUT2D eigenvalue weighted by atomic mass is 9.98. The van der Waals surface area contributed by atoms with E-state index in [0.717, 1.165) is 31.4 Å². The lowest BCUT2D eigenvalue weighted by Crippen LogP contribution is -2.41. The standard InChI is InChI=1S/C22H35O2S/c1-6-22(5,7-2)24-15-14-18-10-12-19(13-11-18)20(23)21(3,4)25-16-8-9-17-25/h10-13H,6-9,14-17H2,1-5H3/q+1. The van der Waals surface area contributed by atoms with Crippen molar-refractivity contribution < 1.29 is 9.53 Å². The number of ketones is 1. The highest BCUT2D eigenvalue weighted by Gasteiger charge is 2.46. The molecule has 0 aromatic heterocycles. The van der Waals surface area contributed by atoms with E-state index in [4.69, 9.17) is 4.74 Å². The third-order valence-electron chi connectivity index (χ3n) is 5.85. The van der Waals surface area contributed by atoms with Crippen molar-refractivity contribution in [3.05, 3.63) is 35.4 Å². The lowest BCUT2D eigenvalue weighted by Gasteiger charge is -2.27. The molecule has 1 aromatic carbocycles. The predicted octanol–water partition coefficient (Wildman–Crippen LogP) is 5.20. The van der Waals surface area contributed by atoms with Crippen molar-refractivity contribution in [3.63, 3.8) is 0 Å². The first kappa shape index (κ1) is 20.5. The van der Waals surface area contributed by atoms with Gasteiger partial charge in [0.25, 0.3) is 0 Å². The van der Waals surface area contributed by atoms with Crippen LogP contribution < -0.4 is 0 Å². The van der Waals surface area contributed by atoms with E-state index < -0.39 is 0 Å². The summed E-state index contributed by atoms with van der Waals surface area (Å²) < 4.78 is 5.85. The molecule has 2 rings (SSSR count). The molecular formula is C22H35O2S+. The summed E-state index contributed by atoms with van der Waals surface area (Å²) in [4.78, 5) is 13.0. The Kier molecular flexibility index (Phi) is 7.16. The molecule has 0 aliphatic carbocycles. The second-order valence-electron chi connectivity index (χ2n) is 7.90. The largest absolute Gasteiger partial charge is 0.375 e. The van der Waals surface area contributed by atoms with Crippen LogP contribution in [0, 0.1) is 0 Å². The monoisotopic (exact) mass is 363 g/mol. The van der Waals surface area contributed by atoms with Gasteiger partial charge in [0.05, 0.1) is 12.2 Å². The van der Waals surface area contributed by atoms with E-state index in [1.165, 1.54) is 29.9 Å². The molecule has 0 N–H and O–H groups in total. The Hall–Kier alpha value is -0.800. The third-order valence-corrected chi connectivity index (χ3v) is 9.04. The van der Waals surface area contributed by atoms with Crippen LogP contribution in [0.25, 0.3) is 0 Å². The molecule has 0 bridgehead atoms. The van der Waals surface area contributed by atoms with E-state index >= 15 is 0 Å². The van der Waals surface area contributed by atoms with Crippen LogP contribution in [0.15, 0.2) is 24.3 Å². The van der Waals surface area contributed by atoms with Crippen LogP contribution in [0.3, 0.4) is 0 Å². The minimum Gasteiger partial charge on any atom is -0.375 e. The van der Waals surface area contributed by atoms with Crippen LogP contribution in [-0.4, -0.2) is 34.2 Å². The molecule has 1 saturated heterocycles. The Bertz CT molecular complexity index is 552. The van der Waals surface area contributed by atoms with Gasteiger partial charge in [0.1, 0.15) is 11.5 Å². The topological polar surface area (TPSA) is 26.3 Å². The number of ether oxygens (including phenoxy) is 1. The maximum absolute atomic E-state index is 13.0. The summed E-state index contributed by atoms with van der Waals surface area (Å²) >= 11 is 0. The van der Waals surface area contributed by atoms with Crippen molar-refractivity contribution in [2.24, 2.45) is 0 Å². The summed E-state index contributed by atoms with van der Waals surface area (Å²) in [5, 5.41) is 0. The summed E-state index contributed by atoms with van der Waals surface area (Å²) in [5.41, 5.74) is 2.09. The van der Waals surface area contributed by atoms with Crippen molar-refractivity contribution >= 4 is 16.7 Å². The molecule has 0 atom stereocenters. The highest BCUT2D eigenvalue weighted by Crippen LogP contribution is 2.30. The van der Waals surface area contributed by atoms with Crippen LogP contribution in [0.5, 0.6) is 0 Å². The highest BCUT2D eigenvalue weighted by molar-refractivity contribution is 7.99. The maximum Gasteiger partial charge on any atom is 0.217 e. The molecule has 1 heterocycles. The summed E-state index contributed by atoms with van der Waals surface area (Å²) in [6.45, 7) is 11.6. The fraction of sp³-hybridized carbons (Fsp3) is 0.682. The molecule has 3 heteroatoms. The van der Waals surface area contributed by atoms with Gasteiger partial charge in [0, 0.05) is 16.5 Å². The molecule has 25 heavy (non-hydrogen) atoms. The molecule has 140 valence electrons. The molecule has 0 amide bonds. The van der Waals surface area contributed by atoms with Crippen LogP contribution in [0.2, 0.25) is 0 Å². The zero-order chi connectivity index (χ0) is 18.5. The van der Waals surface area contributed by atoms with E-state index in [2.05, 4.69) is 46.8 Å². The average molecular weight is 364 g/mol. The summed E-state index contributed by atoms with van der Waals surface area (Å²) in [6.07, 6.45) is 5.54. The third kappa shape index (κ3) is 5.10. The van der Waals surface area contributed by atoms with Crippen LogP contribution >= 0.6 is 0 Å². The van der Waals surface area contributed by atoms with E-state index in [0.29, 0.717) is 5.78 Å². The van der Waals surface area contributed by atoms with Gasteiger partial charge in [-0.25, -0.2) is 0 Å². The molecule has 0 unspecified atom stereocenters. The maximum atomic E-state index is 13.0. The fourth-order valence-electron chi connectivity index (χ4n) is 3.34. The Balaban J connectivity index is 1.94. The molecular weight excluding hydrogens is 328 g/mol. The first-order valence-electron chi connectivity index (χ1n) is 9.77. The SMILES string of the molecule is CCC(C)(CC)OCCc1ccc(C(=O)C(C)(C)[S+]2CCCC2)cc1. The van der Waals surface area contributed by atoms with Crippen LogP contribution in [0.4, 0.5) is 0 Å². The first-order chi connectivity index (χ1) is 11.8. The Morgan fingerprint density at radius 3 is 2.12 bits per heavy atom. The summed E-state index contributed by atoms with van der Waals surface area (Å²) in [5.74, 6) is 2.76. The smallest absolute Gasteiger partial charge is 0.217 e. The van der Waals surface area contributed by atoms with Gasteiger partial charge in [-0.1, -0.05) is 38.1 Å².